The molecule has 0 fully saturated rings. The summed E-state index contributed by atoms with van der Waals surface area (Å²) >= 11 is 1.50. The molecule has 0 spiro atoms. The van der Waals surface area contributed by atoms with E-state index in [4.69, 9.17) is 4.74 Å². The molecule has 2 rings (SSSR count). The standard InChI is InChI=1S/C24H29N3O2S.C2H6/c1-6-21(17(4)9-7-8-10-18(5)28)24-27-26-23(30-24)19-11-12-22(20(13-19)14-25)29-15-16(2)3;1-2/h6,9,11-13,16,28H,5,7-8,10,15H2,1-4H3;1-2H3/b17-9-,21-6+;. The smallest absolute Gasteiger partial charge is 0.148 e. The minimum absolute atomic E-state index is 0.221. The fraction of sp³-hybridized carbons (Fsp3) is 0.423. The normalized spacial score (nSPS) is 11.6. The zero-order chi connectivity index (χ0) is 24.1. The fourth-order valence-corrected chi connectivity index (χ4v) is 3.82. The molecule has 2 aromatic rings. The van der Waals surface area contributed by atoms with Crippen LogP contribution in [0.25, 0.3) is 16.1 Å². The van der Waals surface area contributed by atoms with Gasteiger partial charge in [-0.1, -0.05) is 57.8 Å². The van der Waals surface area contributed by atoms with Crippen molar-refractivity contribution < 1.29 is 9.84 Å². The zero-order valence-electron chi connectivity index (χ0n) is 20.1. The lowest BCUT2D eigenvalue weighted by molar-refractivity contribution is 0.270. The van der Waals surface area contributed by atoms with E-state index in [1.54, 1.807) is 6.07 Å². The van der Waals surface area contributed by atoms with Crippen molar-refractivity contribution in [3.8, 4) is 22.4 Å². The van der Waals surface area contributed by atoms with Crippen LogP contribution in [0.5, 0.6) is 5.75 Å². The lowest BCUT2D eigenvalue weighted by Crippen LogP contribution is -2.05. The van der Waals surface area contributed by atoms with Crippen LogP contribution in [0.2, 0.25) is 0 Å². The van der Waals surface area contributed by atoms with Crippen molar-refractivity contribution in [3.63, 3.8) is 0 Å². The lowest BCUT2D eigenvalue weighted by Gasteiger charge is -2.10. The molecular formula is C26H35N3O2S. The number of nitrogens with zero attached hydrogens (tertiary/aromatic N) is 3. The molecule has 1 heterocycles. The van der Waals surface area contributed by atoms with Crippen LogP contribution in [0.1, 0.15) is 71.4 Å². The van der Waals surface area contributed by atoms with Crippen molar-refractivity contribution >= 4 is 16.9 Å². The Kier molecular flexibility index (Phi) is 12.0. The van der Waals surface area contributed by atoms with E-state index in [-0.39, 0.29) is 5.76 Å². The number of rotatable bonds is 10. The second-order valence-electron chi connectivity index (χ2n) is 7.49. The van der Waals surface area contributed by atoms with Crippen LogP contribution in [-0.2, 0) is 0 Å². The van der Waals surface area contributed by atoms with Gasteiger partial charge in [-0.2, -0.15) is 5.26 Å². The SMILES string of the molecule is C=C(O)CCC/C=C(C)\C(=C/C)c1nnc(-c2ccc(OCC(C)C)c(C#N)c2)s1.CC. The van der Waals surface area contributed by atoms with Crippen LogP contribution in [-0.4, -0.2) is 21.9 Å². The summed E-state index contributed by atoms with van der Waals surface area (Å²) in [6.07, 6.45) is 6.50. The fourth-order valence-electron chi connectivity index (χ4n) is 2.84. The van der Waals surface area contributed by atoms with Gasteiger partial charge in [-0.05, 0) is 56.4 Å². The average Bonchev–Trinajstić information content (AvgIpc) is 3.26. The molecule has 0 bridgehead atoms. The Balaban J connectivity index is 0.00000249. The third-order valence-electron chi connectivity index (χ3n) is 4.41. The Morgan fingerprint density at radius 3 is 2.62 bits per heavy atom. The number of hydrogen-bond acceptors (Lipinski definition) is 6. The summed E-state index contributed by atoms with van der Waals surface area (Å²) in [4.78, 5) is 0. The molecule has 5 nitrogen and oxygen atoms in total. The molecule has 32 heavy (non-hydrogen) atoms. The van der Waals surface area contributed by atoms with E-state index in [9.17, 15) is 10.4 Å². The average molecular weight is 454 g/mol. The number of allylic oxidation sites excluding steroid dienone is 5. The Labute approximate surface area is 196 Å². The highest BCUT2D eigenvalue weighted by molar-refractivity contribution is 7.15. The first kappa shape index (κ1) is 27.1. The highest BCUT2D eigenvalue weighted by atomic mass is 32.1. The molecule has 0 saturated carbocycles. The summed E-state index contributed by atoms with van der Waals surface area (Å²) < 4.78 is 5.74. The topological polar surface area (TPSA) is 79.0 Å². The molecule has 0 unspecified atom stereocenters. The van der Waals surface area contributed by atoms with Gasteiger partial charge in [-0.25, -0.2) is 0 Å². The molecule has 6 heteroatoms. The van der Waals surface area contributed by atoms with E-state index in [1.165, 1.54) is 11.3 Å². The van der Waals surface area contributed by atoms with Crippen LogP contribution < -0.4 is 4.74 Å². The van der Waals surface area contributed by atoms with E-state index < -0.39 is 0 Å². The quantitative estimate of drug-likeness (QED) is 0.226. The van der Waals surface area contributed by atoms with Gasteiger partial charge in [0.05, 0.1) is 17.9 Å². The molecular weight excluding hydrogens is 418 g/mol. The minimum Gasteiger partial charge on any atom is -0.513 e. The largest absolute Gasteiger partial charge is 0.513 e. The maximum atomic E-state index is 9.50. The van der Waals surface area contributed by atoms with Gasteiger partial charge >= 0.3 is 0 Å². The third-order valence-corrected chi connectivity index (χ3v) is 5.41. The molecule has 1 N–H and O–H groups in total. The number of aliphatic hydroxyl groups excluding tert-OH is 1. The van der Waals surface area contributed by atoms with Gasteiger partial charge < -0.3 is 9.84 Å². The highest BCUT2D eigenvalue weighted by Crippen LogP contribution is 2.33. The summed E-state index contributed by atoms with van der Waals surface area (Å²) in [6.45, 7) is 16.3. The van der Waals surface area contributed by atoms with Crippen molar-refractivity contribution in [2.24, 2.45) is 5.92 Å². The Bertz CT molecular complexity index is 981. The number of ether oxygens (including phenoxy) is 1. The predicted octanol–water partition coefficient (Wildman–Crippen LogP) is 7.73. The number of aromatic nitrogens is 2. The van der Waals surface area contributed by atoms with Crippen molar-refractivity contribution in [2.45, 2.75) is 60.8 Å². The molecule has 172 valence electrons. The first-order valence-electron chi connectivity index (χ1n) is 11.1. The molecule has 1 aromatic heterocycles. The van der Waals surface area contributed by atoms with Gasteiger partial charge in [-0.15, -0.1) is 10.2 Å². The molecule has 0 saturated heterocycles. The molecule has 1 aromatic carbocycles. The molecule has 0 amide bonds. The number of benzene rings is 1. The first-order valence-corrected chi connectivity index (χ1v) is 11.9. The van der Waals surface area contributed by atoms with Gasteiger partial charge in [0.15, 0.2) is 0 Å². The maximum Gasteiger partial charge on any atom is 0.148 e. The van der Waals surface area contributed by atoms with E-state index in [2.05, 4.69) is 49.7 Å². The molecule has 0 radical (unpaired) electrons. The second kappa shape index (κ2) is 14.2. The van der Waals surface area contributed by atoms with Crippen molar-refractivity contribution in [2.75, 3.05) is 6.61 Å². The number of hydrogen-bond donors (Lipinski definition) is 1. The van der Waals surface area contributed by atoms with Crippen LogP contribution in [0.3, 0.4) is 0 Å². The minimum atomic E-state index is 0.221. The monoisotopic (exact) mass is 453 g/mol. The first-order chi connectivity index (χ1) is 15.3. The van der Waals surface area contributed by atoms with Gasteiger partial charge in [0.2, 0.25) is 0 Å². The van der Waals surface area contributed by atoms with Gasteiger partial charge in [0, 0.05) is 17.6 Å². The van der Waals surface area contributed by atoms with Crippen LogP contribution in [0, 0.1) is 17.2 Å². The third kappa shape index (κ3) is 8.32. The van der Waals surface area contributed by atoms with Crippen molar-refractivity contribution in [1.82, 2.24) is 10.2 Å². The lowest BCUT2D eigenvalue weighted by atomic mass is 10.1. The number of unbranched alkanes of at least 4 members (excludes halogenated alkanes) is 1. The molecule has 0 aliphatic carbocycles. The van der Waals surface area contributed by atoms with Crippen LogP contribution in [0.4, 0.5) is 0 Å². The Morgan fingerprint density at radius 1 is 1.31 bits per heavy atom. The van der Waals surface area contributed by atoms with Gasteiger partial charge in [0.1, 0.15) is 21.8 Å². The van der Waals surface area contributed by atoms with Gasteiger partial charge in [-0.3, -0.25) is 0 Å². The Hall–Kier alpha value is -2.91. The summed E-state index contributed by atoms with van der Waals surface area (Å²) in [5.41, 5.74) is 3.52. The molecule has 0 aliphatic rings. The predicted molar refractivity (Wildman–Crippen MR) is 135 cm³/mol. The number of nitriles is 1. The van der Waals surface area contributed by atoms with E-state index in [0.29, 0.717) is 30.3 Å². The second-order valence-corrected chi connectivity index (χ2v) is 8.47. The summed E-state index contributed by atoms with van der Waals surface area (Å²) in [7, 11) is 0. The van der Waals surface area contributed by atoms with E-state index >= 15 is 0 Å². The van der Waals surface area contributed by atoms with E-state index in [0.717, 1.165) is 39.6 Å². The van der Waals surface area contributed by atoms with E-state index in [1.807, 2.05) is 39.0 Å². The van der Waals surface area contributed by atoms with Gasteiger partial charge in [0.25, 0.3) is 0 Å². The molecule has 0 atom stereocenters. The van der Waals surface area contributed by atoms with Crippen molar-refractivity contribution in [3.05, 3.63) is 58.8 Å². The summed E-state index contributed by atoms with van der Waals surface area (Å²) in [5.74, 6) is 1.21. The summed E-state index contributed by atoms with van der Waals surface area (Å²) in [5, 5.41) is 29.0. The highest BCUT2D eigenvalue weighted by Gasteiger charge is 2.14. The Morgan fingerprint density at radius 2 is 2.03 bits per heavy atom. The molecule has 0 aliphatic heterocycles. The zero-order valence-corrected chi connectivity index (χ0v) is 20.9. The van der Waals surface area contributed by atoms with Crippen LogP contribution >= 0.6 is 11.3 Å². The van der Waals surface area contributed by atoms with Crippen LogP contribution in [0.15, 0.2) is 48.3 Å². The van der Waals surface area contributed by atoms with Crippen molar-refractivity contribution in [1.29, 1.82) is 5.26 Å². The summed E-state index contributed by atoms with van der Waals surface area (Å²) in [6, 6.07) is 7.76. The maximum absolute atomic E-state index is 9.50. The number of aliphatic hydroxyl groups is 1.